The summed E-state index contributed by atoms with van der Waals surface area (Å²) in [6.07, 6.45) is 18.2. The summed E-state index contributed by atoms with van der Waals surface area (Å²) in [5.74, 6) is 3.23. The summed E-state index contributed by atoms with van der Waals surface area (Å²) in [4.78, 5) is 12.5. The lowest BCUT2D eigenvalue weighted by Gasteiger charge is -2.72. The average Bonchev–Trinajstić information content (AvgIpc) is 3.27. The van der Waals surface area contributed by atoms with Gasteiger partial charge in [0, 0.05) is 11.1 Å². The van der Waals surface area contributed by atoms with Crippen LogP contribution in [0.25, 0.3) is 0 Å². The second-order valence-corrected chi connectivity index (χ2v) is 17.0. The van der Waals surface area contributed by atoms with E-state index in [0.29, 0.717) is 40.6 Å². The van der Waals surface area contributed by atoms with Gasteiger partial charge in [0.25, 0.3) is 0 Å². The zero-order chi connectivity index (χ0) is 30.5. The Labute approximate surface area is 256 Å². The van der Waals surface area contributed by atoms with Gasteiger partial charge in [-0.25, -0.2) is 4.79 Å². The molecule has 0 aromatic rings. The quantitative estimate of drug-likeness (QED) is 0.269. The van der Waals surface area contributed by atoms with Crippen LogP contribution < -0.4 is 5.73 Å². The maximum absolute atomic E-state index is 12.5. The van der Waals surface area contributed by atoms with Crippen molar-refractivity contribution >= 4 is 5.97 Å². The second-order valence-electron chi connectivity index (χ2n) is 17.0. The molecular formula is C39H59NO2. The maximum Gasteiger partial charge on any atom is 0.334 e. The molecule has 6 aliphatic rings. The van der Waals surface area contributed by atoms with Crippen LogP contribution in [0, 0.1) is 51.2 Å². The van der Waals surface area contributed by atoms with Crippen LogP contribution in [0.4, 0.5) is 0 Å². The van der Waals surface area contributed by atoms with Gasteiger partial charge in [-0.3, -0.25) is 0 Å². The highest BCUT2D eigenvalue weighted by molar-refractivity contribution is 5.90. The van der Waals surface area contributed by atoms with Crippen molar-refractivity contribution in [2.75, 3.05) is 6.61 Å². The molecule has 0 radical (unpaired) electrons. The van der Waals surface area contributed by atoms with E-state index in [-0.39, 0.29) is 16.9 Å². The molecule has 4 saturated carbocycles. The van der Waals surface area contributed by atoms with Crippen molar-refractivity contribution in [2.24, 2.45) is 57.0 Å². The average molecular weight is 574 g/mol. The Bertz CT molecular complexity index is 1270. The molecule has 0 saturated heterocycles. The minimum Gasteiger partial charge on any atom is -0.463 e. The van der Waals surface area contributed by atoms with Crippen LogP contribution in [0.5, 0.6) is 0 Å². The van der Waals surface area contributed by atoms with E-state index in [1.165, 1.54) is 68.9 Å². The van der Waals surface area contributed by atoms with Gasteiger partial charge in [0.05, 0.1) is 6.61 Å². The first kappa shape index (κ1) is 30.4. The van der Waals surface area contributed by atoms with Crippen LogP contribution in [0.3, 0.4) is 0 Å². The molecule has 6 rings (SSSR count). The van der Waals surface area contributed by atoms with E-state index in [9.17, 15) is 4.79 Å². The molecule has 0 amide bonds. The molecule has 9 unspecified atom stereocenters. The van der Waals surface area contributed by atoms with Gasteiger partial charge in [-0.05, 0) is 159 Å². The first-order valence-electron chi connectivity index (χ1n) is 17.4. The lowest BCUT2D eigenvalue weighted by molar-refractivity contribution is -0.219. The van der Waals surface area contributed by atoms with Crippen molar-refractivity contribution in [3.8, 4) is 0 Å². The first-order valence-corrected chi connectivity index (χ1v) is 17.4. The van der Waals surface area contributed by atoms with Gasteiger partial charge in [-0.1, -0.05) is 58.9 Å². The highest BCUT2D eigenvalue weighted by atomic mass is 16.5. The van der Waals surface area contributed by atoms with E-state index in [1.54, 1.807) is 5.57 Å². The molecule has 0 heterocycles. The van der Waals surface area contributed by atoms with E-state index < -0.39 is 0 Å². The van der Waals surface area contributed by atoms with Gasteiger partial charge < -0.3 is 10.5 Å². The topological polar surface area (TPSA) is 52.3 Å². The number of rotatable bonds is 4. The molecule has 6 aliphatic carbocycles. The lowest BCUT2D eigenvalue weighted by atomic mass is 9.33. The molecule has 0 bridgehead atoms. The fraction of sp³-hybridized carbons (Fsp3) is 0.769. The van der Waals surface area contributed by atoms with Gasteiger partial charge >= 0.3 is 5.97 Å². The van der Waals surface area contributed by atoms with E-state index in [2.05, 4.69) is 67.2 Å². The molecule has 0 aromatic carbocycles. The standard InChI is InChI=1S/C39H59NO2/c1-10-42-34(41)28-12-11-26(23-25(28)4)29-16-18-36(7)31(35(29,5)6)17-19-38(9)32(36)14-13-30-33-27(24(2)3)15-20-39(33,40)22-21-37(30,38)8/h16,23,27,30-33H,2,10-15,17-22,40H2,1,3-9H3. The summed E-state index contributed by atoms with van der Waals surface area (Å²) in [5.41, 5.74) is 14.8. The third-order valence-electron chi connectivity index (χ3n) is 15.1. The van der Waals surface area contributed by atoms with Gasteiger partial charge in [-0.2, -0.15) is 0 Å². The molecule has 0 aliphatic heterocycles. The number of hydrogen-bond donors (Lipinski definition) is 1. The second kappa shape index (κ2) is 9.95. The number of ether oxygens (including phenoxy) is 1. The predicted molar refractivity (Wildman–Crippen MR) is 174 cm³/mol. The van der Waals surface area contributed by atoms with Crippen molar-refractivity contribution in [1.29, 1.82) is 0 Å². The van der Waals surface area contributed by atoms with Gasteiger partial charge in [0.15, 0.2) is 0 Å². The third-order valence-corrected chi connectivity index (χ3v) is 15.1. The minimum atomic E-state index is -0.132. The van der Waals surface area contributed by atoms with Crippen molar-refractivity contribution in [3.63, 3.8) is 0 Å². The fourth-order valence-corrected chi connectivity index (χ4v) is 12.9. The zero-order valence-electron chi connectivity index (χ0n) is 28.1. The maximum atomic E-state index is 12.5. The Morgan fingerprint density at radius 1 is 0.976 bits per heavy atom. The Morgan fingerprint density at radius 2 is 1.71 bits per heavy atom. The molecule has 3 nitrogen and oxygen atoms in total. The Kier molecular flexibility index (Phi) is 7.20. The highest BCUT2D eigenvalue weighted by Crippen LogP contribution is 2.76. The molecular weight excluding hydrogens is 514 g/mol. The van der Waals surface area contributed by atoms with Crippen molar-refractivity contribution < 1.29 is 9.53 Å². The number of carbonyl (C=O) groups excluding carboxylic acids is 1. The molecule has 0 spiro atoms. The Hall–Kier alpha value is -1.61. The molecule has 4 fully saturated rings. The molecule has 3 heteroatoms. The van der Waals surface area contributed by atoms with E-state index in [4.69, 9.17) is 10.5 Å². The summed E-state index contributed by atoms with van der Waals surface area (Å²) < 4.78 is 5.36. The Morgan fingerprint density at radius 3 is 2.38 bits per heavy atom. The van der Waals surface area contributed by atoms with Crippen molar-refractivity contribution in [1.82, 2.24) is 0 Å². The van der Waals surface area contributed by atoms with Crippen LogP contribution in [0.15, 0.2) is 46.6 Å². The SMILES string of the molecule is C=C(C)C1CCC2(N)CCC3(C)C(CCC4C5(C)CC=C(C6=CC(C)=C(C(=O)OCC)CC6)C(C)(C)C5CCC43C)C12. The van der Waals surface area contributed by atoms with E-state index in [0.717, 1.165) is 35.8 Å². The number of allylic oxidation sites excluding steroid dienone is 6. The summed E-state index contributed by atoms with van der Waals surface area (Å²) in [6.45, 7) is 24.4. The van der Waals surface area contributed by atoms with Crippen LogP contribution >= 0.6 is 0 Å². The summed E-state index contributed by atoms with van der Waals surface area (Å²) in [6, 6.07) is 0. The zero-order valence-corrected chi connectivity index (χ0v) is 28.1. The normalized spacial score (nSPS) is 46.0. The summed E-state index contributed by atoms with van der Waals surface area (Å²) in [7, 11) is 0. The van der Waals surface area contributed by atoms with Crippen LogP contribution in [0.2, 0.25) is 0 Å². The predicted octanol–water partition coefficient (Wildman–Crippen LogP) is 9.49. The van der Waals surface area contributed by atoms with Crippen molar-refractivity contribution in [3.05, 3.63) is 46.6 Å². The molecule has 2 N–H and O–H groups in total. The van der Waals surface area contributed by atoms with Gasteiger partial charge in [0.2, 0.25) is 0 Å². The molecule has 232 valence electrons. The summed E-state index contributed by atoms with van der Waals surface area (Å²) in [5, 5.41) is 0. The van der Waals surface area contributed by atoms with Crippen molar-refractivity contribution in [2.45, 2.75) is 132 Å². The molecule has 42 heavy (non-hydrogen) atoms. The minimum absolute atomic E-state index is 0.0238. The first-order chi connectivity index (χ1) is 19.6. The summed E-state index contributed by atoms with van der Waals surface area (Å²) >= 11 is 0. The van der Waals surface area contributed by atoms with Gasteiger partial charge in [-0.15, -0.1) is 0 Å². The van der Waals surface area contributed by atoms with E-state index >= 15 is 0 Å². The number of nitrogens with two attached hydrogens (primary N) is 1. The van der Waals surface area contributed by atoms with Crippen LogP contribution in [-0.2, 0) is 9.53 Å². The highest BCUT2D eigenvalue weighted by Gasteiger charge is 2.70. The van der Waals surface area contributed by atoms with Gasteiger partial charge in [0.1, 0.15) is 0 Å². The lowest BCUT2D eigenvalue weighted by Crippen LogP contribution is -2.67. The van der Waals surface area contributed by atoms with Crippen LogP contribution in [0.1, 0.15) is 126 Å². The number of esters is 1. The largest absolute Gasteiger partial charge is 0.463 e. The molecule has 0 aromatic heterocycles. The fourth-order valence-electron chi connectivity index (χ4n) is 12.9. The number of hydrogen-bond acceptors (Lipinski definition) is 3. The third kappa shape index (κ3) is 4.03. The number of fused-ring (bicyclic) bond motifs is 7. The van der Waals surface area contributed by atoms with E-state index in [1.807, 2.05) is 6.92 Å². The van der Waals surface area contributed by atoms with Crippen LogP contribution in [-0.4, -0.2) is 18.1 Å². The molecule has 9 atom stereocenters. The smallest absolute Gasteiger partial charge is 0.334 e. The monoisotopic (exact) mass is 573 g/mol. The Balaban J connectivity index is 1.33. The number of carbonyl (C=O) groups is 1.